The molecule has 4 aliphatic rings. The minimum absolute atomic E-state index is 0.0304. The SMILES string of the molecule is CC(=O)[C@H]1CC[C@H]2[C@@H]3C[C@@H](O)C4=CC(=O)CC[C@]4(C)[C@H]3C(=O)C[C@]12C. The van der Waals surface area contributed by atoms with Crippen molar-refractivity contribution < 1.29 is 19.5 Å². The highest BCUT2D eigenvalue weighted by atomic mass is 16.3. The second kappa shape index (κ2) is 5.35. The molecular formula is C21H28O4. The van der Waals surface area contributed by atoms with Crippen molar-refractivity contribution in [3.63, 3.8) is 0 Å². The second-order valence-electron chi connectivity index (χ2n) is 9.37. The highest BCUT2D eigenvalue weighted by Gasteiger charge is 2.64. The number of fused-ring (bicyclic) bond motifs is 5. The smallest absolute Gasteiger partial charge is 0.155 e. The van der Waals surface area contributed by atoms with Gasteiger partial charge < -0.3 is 5.11 Å². The molecule has 4 rings (SSSR count). The molecule has 0 radical (unpaired) electrons. The third-order valence-corrected chi connectivity index (χ3v) is 8.15. The number of carbonyl (C=O) groups is 3. The van der Waals surface area contributed by atoms with Crippen LogP contribution in [0.1, 0.15) is 59.3 Å². The van der Waals surface area contributed by atoms with Crippen molar-refractivity contribution in [2.75, 3.05) is 0 Å². The summed E-state index contributed by atoms with van der Waals surface area (Å²) >= 11 is 0. The molecular weight excluding hydrogens is 316 g/mol. The Morgan fingerprint density at radius 3 is 2.64 bits per heavy atom. The number of aliphatic hydroxyl groups is 1. The van der Waals surface area contributed by atoms with Gasteiger partial charge in [-0.25, -0.2) is 0 Å². The van der Waals surface area contributed by atoms with Crippen LogP contribution in [0.15, 0.2) is 11.6 Å². The molecule has 0 bridgehead atoms. The van der Waals surface area contributed by atoms with Crippen LogP contribution in [0.4, 0.5) is 0 Å². The van der Waals surface area contributed by atoms with Crippen LogP contribution in [0.2, 0.25) is 0 Å². The molecule has 0 aromatic rings. The molecule has 7 atom stereocenters. The Kier molecular flexibility index (Phi) is 3.67. The lowest BCUT2D eigenvalue weighted by Crippen LogP contribution is -2.58. The Labute approximate surface area is 149 Å². The van der Waals surface area contributed by atoms with Crippen LogP contribution in [-0.4, -0.2) is 28.6 Å². The van der Waals surface area contributed by atoms with Crippen molar-refractivity contribution in [2.24, 2.45) is 34.5 Å². The predicted octanol–water partition coefficient (Wildman–Crippen LogP) is 2.87. The van der Waals surface area contributed by atoms with Gasteiger partial charge in [0.05, 0.1) is 6.10 Å². The first-order valence-electron chi connectivity index (χ1n) is 9.64. The zero-order chi connectivity index (χ0) is 18.1. The van der Waals surface area contributed by atoms with Crippen LogP contribution >= 0.6 is 0 Å². The molecule has 0 aliphatic heterocycles. The first-order valence-corrected chi connectivity index (χ1v) is 9.64. The summed E-state index contributed by atoms with van der Waals surface area (Å²) in [5.41, 5.74) is 0.123. The molecule has 4 aliphatic carbocycles. The molecule has 0 unspecified atom stereocenters. The first-order chi connectivity index (χ1) is 11.7. The van der Waals surface area contributed by atoms with Gasteiger partial charge in [-0.15, -0.1) is 0 Å². The largest absolute Gasteiger partial charge is 0.389 e. The topological polar surface area (TPSA) is 71.4 Å². The van der Waals surface area contributed by atoms with Crippen molar-refractivity contribution >= 4 is 17.3 Å². The number of hydrogen-bond donors (Lipinski definition) is 1. The number of rotatable bonds is 1. The van der Waals surface area contributed by atoms with Crippen LogP contribution in [0.5, 0.6) is 0 Å². The van der Waals surface area contributed by atoms with Gasteiger partial charge in [-0.1, -0.05) is 13.8 Å². The van der Waals surface area contributed by atoms with E-state index in [1.54, 1.807) is 13.0 Å². The van der Waals surface area contributed by atoms with Gasteiger partial charge in [0.25, 0.3) is 0 Å². The van der Waals surface area contributed by atoms with Gasteiger partial charge in [-0.05, 0) is 61.5 Å². The molecule has 136 valence electrons. The number of carbonyl (C=O) groups excluding carboxylic acids is 3. The normalized spacial score (nSPS) is 49.1. The lowest BCUT2D eigenvalue weighted by molar-refractivity contribution is -0.151. The van der Waals surface area contributed by atoms with Crippen molar-refractivity contribution in [3.05, 3.63) is 11.6 Å². The Bertz CT molecular complexity index is 692. The standard InChI is InChI=1S/C21H28O4/c1-11(22)14-4-5-15-13-9-17(24)16-8-12(23)6-7-20(16,2)19(13)18(25)10-21(14,15)3/h8,13-15,17,19,24H,4-7,9-10H2,1-3H3/t13-,14+,15-,17+,19+,20-,21+/m0/s1. The van der Waals surface area contributed by atoms with Gasteiger partial charge in [0.2, 0.25) is 0 Å². The van der Waals surface area contributed by atoms with E-state index >= 15 is 0 Å². The molecule has 0 spiro atoms. The zero-order valence-electron chi connectivity index (χ0n) is 15.4. The molecule has 0 saturated heterocycles. The van der Waals surface area contributed by atoms with Crippen molar-refractivity contribution in [1.82, 2.24) is 0 Å². The number of hydrogen-bond acceptors (Lipinski definition) is 4. The van der Waals surface area contributed by atoms with Crippen LogP contribution in [0.25, 0.3) is 0 Å². The van der Waals surface area contributed by atoms with E-state index in [4.69, 9.17) is 0 Å². The fourth-order valence-corrected chi connectivity index (χ4v) is 7.11. The molecule has 3 saturated carbocycles. The average molecular weight is 344 g/mol. The van der Waals surface area contributed by atoms with Crippen molar-refractivity contribution in [3.8, 4) is 0 Å². The van der Waals surface area contributed by atoms with E-state index in [-0.39, 0.29) is 40.5 Å². The third-order valence-electron chi connectivity index (χ3n) is 8.15. The van der Waals surface area contributed by atoms with E-state index in [1.807, 2.05) is 0 Å². The van der Waals surface area contributed by atoms with Crippen LogP contribution in [-0.2, 0) is 14.4 Å². The summed E-state index contributed by atoms with van der Waals surface area (Å²) in [4.78, 5) is 37.3. The van der Waals surface area contributed by atoms with E-state index in [1.165, 1.54) is 0 Å². The summed E-state index contributed by atoms with van der Waals surface area (Å²) in [6, 6.07) is 0. The number of Topliss-reactive ketones (excluding diaryl/α,β-unsaturated/α-hetero) is 2. The van der Waals surface area contributed by atoms with Gasteiger partial charge in [-0.3, -0.25) is 14.4 Å². The quantitative estimate of drug-likeness (QED) is 0.794. The summed E-state index contributed by atoms with van der Waals surface area (Å²) in [5, 5.41) is 10.8. The fourth-order valence-electron chi connectivity index (χ4n) is 7.11. The Morgan fingerprint density at radius 2 is 1.96 bits per heavy atom. The molecule has 0 amide bonds. The van der Waals surface area contributed by atoms with Crippen LogP contribution < -0.4 is 0 Å². The van der Waals surface area contributed by atoms with E-state index in [2.05, 4.69) is 13.8 Å². The van der Waals surface area contributed by atoms with E-state index in [9.17, 15) is 19.5 Å². The summed E-state index contributed by atoms with van der Waals surface area (Å²) < 4.78 is 0. The fraction of sp³-hybridized carbons (Fsp3) is 0.762. The van der Waals surface area contributed by atoms with Crippen molar-refractivity contribution in [2.45, 2.75) is 65.4 Å². The van der Waals surface area contributed by atoms with Gasteiger partial charge >= 0.3 is 0 Å². The molecule has 3 fully saturated rings. The van der Waals surface area contributed by atoms with Gasteiger partial charge in [0.1, 0.15) is 11.6 Å². The minimum Gasteiger partial charge on any atom is -0.389 e. The summed E-state index contributed by atoms with van der Waals surface area (Å²) in [6.45, 7) is 5.85. The van der Waals surface area contributed by atoms with Gasteiger partial charge in [-0.2, -0.15) is 0 Å². The minimum atomic E-state index is -0.637. The molecule has 4 nitrogen and oxygen atoms in total. The second-order valence-corrected chi connectivity index (χ2v) is 9.37. The van der Waals surface area contributed by atoms with E-state index in [0.717, 1.165) is 18.4 Å². The summed E-state index contributed by atoms with van der Waals surface area (Å²) in [7, 11) is 0. The Hall–Kier alpha value is -1.29. The Morgan fingerprint density at radius 1 is 1.24 bits per heavy atom. The summed E-state index contributed by atoms with van der Waals surface area (Å²) in [5.74, 6) is 0.803. The molecule has 1 N–H and O–H groups in total. The molecule has 0 heterocycles. The lowest BCUT2D eigenvalue weighted by atomic mass is 9.46. The lowest BCUT2D eigenvalue weighted by Gasteiger charge is -2.57. The summed E-state index contributed by atoms with van der Waals surface area (Å²) in [6.07, 6.45) is 4.94. The average Bonchev–Trinajstić information content (AvgIpc) is 2.85. The Balaban J connectivity index is 1.77. The molecule has 4 heteroatoms. The molecule has 0 aromatic carbocycles. The molecule has 0 aromatic heterocycles. The third kappa shape index (κ3) is 2.19. The number of aliphatic hydroxyl groups excluding tert-OH is 1. The maximum atomic E-state index is 13.3. The van der Waals surface area contributed by atoms with Gasteiger partial charge in [0, 0.05) is 30.1 Å². The highest BCUT2D eigenvalue weighted by Crippen LogP contribution is 2.65. The molecule has 25 heavy (non-hydrogen) atoms. The first kappa shape index (κ1) is 17.1. The van der Waals surface area contributed by atoms with Crippen molar-refractivity contribution in [1.29, 1.82) is 0 Å². The van der Waals surface area contributed by atoms with Crippen LogP contribution in [0.3, 0.4) is 0 Å². The van der Waals surface area contributed by atoms with Crippen LogP contribution in [0, 0.1) is 34.5 Å². The van der Waals surface area contributed by atoms with E-state index in [0.29, 0.717) is 31.6 Å². The van der Waals surface area contributed by atoms with Gasteiger partial charge in [0.15, 0.2) is 5.78 Å². The monoisotopic (exact) mass is 344 g/mol. The highest BCUT2D eigenvalue weighted by molar-refractivity contribution is 5.93. The maximum Gasteiger partial charge on any atom is 0.155 e. The number of ketones is 3. The van der Waals surface area contributed by atoms with E-state index < -0.39 is 11.5 Å². The maximum absolute atomic E-state index is 13.3. The predicted molar refractivity (Wildman–Crippen MR) is 92.7 cm³/mol. The zero-order valence-corrected chi connectivity index (χ0v) is 15.4.